The predicted molar refractivity (Wildman–Crippen MR) is 87.6 cm³/mol. The second kappa shape index (κ2) is 7.40. The van der Waals surface area contributed by atoms with E-state index in [9.17, 15) is 14.4 Å². The average molecular weight is 313 g/mol. The zero-order chi connectivity index (χ0) is 16.8. The molecule has 120 valence electrons. The van der Waals surface area contributed by atoms with Gasteiger partial charge in [-0.05, 0) is 31.0 Å². The van der Waals surface area contributed by atoms with Crippen molar-refractivity contribution in [1.29, 1.82) is 0 Å². The number of hydrogen-bond donors (Lipinski definition) is 3. The molecule has 2 amide bonds. The van der Waals surface area contributed by atoms with Crippen molar-refractivity contribution < 1.29 is 14.4 Å². The van der Waals surface area contributed by atoms with Crippen LogP contribution in [0.4, 0.5) is 5.69 Å². The number of amides is 2. The highest BCUT2D eigenvalue weighted by molar-refractivity contribution is 6.01. The van der Waals surface area contributed by atoms with Gasteiger partial charge in [-0.1, -0.05) is 25.1 Å². The largest absolute Gasteiger partial charge is 0.356 e. The van der Waals surface area contributed by atoms with Crippen LogP contribution < -0.4 is 10.6 Å². The summed E-state index contributed by atoms with van der Waals surface area (Å²) in [7, 11) is 0. The topological polar surface area (TPSA) is 91.1 Å². The maximum absolute atomic E-state index is 11.9. The number of aromatic nitrogens is 1. The highest BCUT2D eigenvalue weighted by Gasteiger charge is 2.12. The van der Waals surface area contributed by atoms with Crippen molar-refractivity contribution in [1.82, 2.24) is 10.3 Å². The maximum Gasteiger partial charge on any atom is 0.268 e. The number of nitrogens with one attached hydrogen (secondary N) is 3. The molecule has 2 aromatic rings. The van der Waals surface area contributed by atoms with E-state index in [1.807, 2.05) is 31.2 Å². The lowest BCUT2D eigenvalue weighted by Crippen LogP contribution is -2.33. The fraction of sp³-hybridized carbons (Fsp3) is 0.235. The molecule has 0 unspecified atom stereocenters. The Balaban J connectivity index is 1.90. The lowest BCUT2D eigenvalue weighted by atomic mass is 10.1. The third kappa shape index (κ3) is 4.29. The summed E-state index contributed by atoms with van der Waals surface area (Å²) in [5.74, 6) is -0.872. The van der Waals surface area contributed by atoms with Gasteiger partial charge in [0.25, 0.3) is 5.91 Å². The molecule has 0 saturated heterocycles. The Morgan fingerprint density at radius 3 is 2.57 bits per heavy atom. The Labute approximate surface area is 134 Å². The molecule has 1 heterocycles. The van der Waals surface area contributed by atoms with Gasteiger partial charge in [-0.3, -0.25) is 14.4 Å². The minimum absolute atomic E-state index is 0.130. The lowest BCUT2D eigenvalue weighted by Gasteiger charge is -2.10. The fourth-order valence-electron chi connectivity index (χ4n) is 2.13. The van der Waals surface area contributed by atoms with Crippen LogP contribution in [0.15, 0.2) is 36.5 Å². The number of aryl methyl sites for hydroxylation is 1. The standard InChI is InChI=1S/C17H19N3O3/c1-3-12-6-4-5-7-14(12)20-16(22)10-19-17(23)15-8-13(9-18-15)11(2)21/h4-9,18H,3,10H2,1-2H3,(H,19,23)(H,20,22). The van der Waals surface area contributed by atoms with Crippen LogP contribution in [-0.4, -0.2) is 29.1 Å². The van der Waals surface area contributed by atoms with E-state index in [0.29, 0.717) is 5.56 Å². The van der Waals surface area contributed by atoms with Gasteiger partial charge in [-0.25, -0.2) is 0 Å². The fourth-order valence-corrected chi connectivity index (χ4v) is 2.13. The molecule has 0 radical (unpaired) electrons. The molecule has 1 aromatic carbocycles. The molecule has 2 rings (SSSR count). The Hall–Kier alpha value is -2.89. The highest BCUT2D eigenvalue weighted by Crippen LogP contribution is 2.15. The molecule has 0 fully saturated rings. The number of hydrogen-bond acceptors (Lipinski definition) is 3. The van der Waals surface area contributed by atoms with Gasteiger partial charge >= 0.3 is 0 Å². The number of Topliss-reactive ketones (excluding diaryl/α,β-unsaturated/α-hetero) is 1. The van der Waals surface area contributed by atoms with Gasteiger partial charge in [0.05, 0.1) is 6.54 Å². The summed E-state index contributed by atoms with van der Waals surface area (Å²) in [6, 6.07) is 8.98. The molecular formula is C17H19N3O3. The van der Waals surface area contributed by atoms with Gasteiger partial charge in [0, 0.05) is 17.4 Å². The third-order valence-corrected chi connectivity index (χ3v) is 3.42. The predicted octanol–water partition coefficient (Wildman–Crippen LogP) is 2.15. The molecule has 0 bridgehead atoms. The Morgan fingerprint density at radius 2 is 1.91 bits per heavy atom. The summed E-state index contributed by atoms with van der Waals surface area (Å²) in [6.45, 7) is 3.28. The summed E-state index contributed by atoms with van der Waals surface area (Å²) in [5.41, 5.74) is 2.45. The first-order chi connectivity index (χ1) is 11.0. The van der Waals surface area contributed by atoms with Gasteiger partial charge in [0.1, 0.15) is 5.69 Å². The number of aromatic amines is 1. The number of ketones is 1. The molecule has 0 spiro atoms. The van der Waals surface area contributed by atoms with Gasteiger partial charge in [-0.2, -0.15) is 0 Å². The molecule has 0 saturated carbocycles. The molecule has 1 aromatic heterocycles. The van der Waals surface area contributed by atoms with E-state index in [-0.39, 0.29) is 23.9 Å². The first-order valence-corrected chi connectivity index (χ1v) is 7.36. The van der Waals surface area contributed by atoms with Crippen molar-refractivity contribution in [2.24, 2.45) is 0 Å². The van der Waals surface area contributed by atoms with E-state index in [2.05, 4.69) is 15.6 Å². The summed E-state index contributed by atoms with van der Waals surface area (Å²) < 4.78 is 0. The zero-order valence-electron chi connectivity index (χ0n) is 13.1. The molecule has 0 aliphatic heterocycles. The number of carbonyl (C=O) groups excluding carboxylic acids is 3. The minimum atomic E-state index is -0.434. The molecule has 0 aliphatic rings. The van der Waals surface area contributed by atoms with Crippen LogP contribution in [0, 0.1) is 0 Å². The number of para-hydroxylation sites is 1. The first kappa shape index (κ1) is 16.5. The van der Waals surface area contributed by atoms with Crippen molar-refractivity contribution in [2.45, 2.75) is 20.3 Å². The SMILES string of the molecule is CCc1ccccc1NC(=O)CNC(=O)c1cc(C(C)=O)c[nH]1. The number of carbonyl (C=O) groups is 3. The Bertz CT molecular complexity index is 734. The number of rotatable bonds is 6. The van der Waals surface area contributed by atoms with E-state index >= 15 is 0 Å². The lowest BCUT2D eigenvalue weighted by molar-refractivity contribution is -0.115. The molecule has 0 atom stereocenters. The molecular weight excluding hydrogens is 294 g/mol. The number of anilines is 1. The van der Waals surface area contributed by atoms with Crippen LogP contribution in [0.3, 0.4) is 0 Å². The summed E-state index contributed by atoms with van der Waals surface area (Å²) in [5, 5.41) is 5.29. The monoisotopic (exact) mass is 313 g/mol. The Morgan fingerprint density at radius 1 is 1.17 bits per heavy atom. The molecule has 6 nitrogen and oxygen atoms in total. The average Bonchev–Trinajstić information content (AvgIpc) is 3.03. The van der Waals surface area contributed by atoms with E-state index in [1.165, 1.54) is 19.2 Å². The molecule has 6 heteroatoms. The van der Waals surface area contributed by atoms with Gasteiger partial charge in [0.15, 0.2) is 5.78 Å². The van der Waals surface area contributed by atoms with Crippen molar-refractivity contribution in [3.8, 4) is 0 Å². The summed E-state index contributed by atoms with van der Waals surface area (Å²) >= 11 is 0. The highest BCUT2D eigenvalue weighted by atomic mass is 16.2. The normalized spacial score (nSPS) is 10.2. The minimum Gasteiger partial charge on any atom is -0.356 e. The second-order valence-corrected chi connectivity index (χ2v) is 5.10. The third-order valence-electron chi connectivity index (χ3n) is 3.42. The quantitative estimate of drug-likeness (QED) is 0.714. The van der Waals surface area contributed by atoms with Crippen molar-refractivity contribution in [3.63, 3.8) is 0 Å². The van der Waals surface area contributed by atoms with E-state index in [1.54, 1.807) is 0 Å². The molecule has 23 heavy (non-hydrogen) atoms. The summed E-state index contributed by atoms with van der Waals surface area (Å²) in [4.78, 5) is 37.8. The van der Waals surface area contributed by atoms with Crippen molar-refractivity contribution in [2.75, 3.05) is 11.9 Å². The zero-order valence-corrected chi connectivity index (χ0v) is 13.1. The molecule has 0 aliphatic carbocycles. The van der Waals surface area contributed by atoms with Gasteiger partial charge < -0.3 is 15.6 Å². The number of benzene rings is 1. The Kier molecular flexibility index (Phi) is 5.30. The van der Waals surface area contributed by atoms with E-state index in [0.717, 1.165) is 17.7 Å². The van der Waals surface area contributed by atoms with Crippen LogP contribution in [0.25, 0.3) is 0 Å². The van der Waals surface area contributed by atoms with Crippen LogP contribution in [0.2, 0.25) is 0 Å². The van der Waals surface area contributed by atoms with Crippen LogP contribution in [0.1, 0.15) is 40.3 Å². The van der Waals surface area contributed by atoms with Gasteiger partial charge in [-0.15, -0.1) is 0 Å². The van der Waals surface area contributed by atoms with Crippen LogP contribution >= 0.6 is 0 Å². The van der Waals surface area contributed by atoms with Crippen LogP contribution in [0.5, 0.6) is 0 Å². The van der Waals surface area contributed by atoms with E-state index < -0.39 is 5.91 Å². The van der Waals surface area contributed by atoms with Crippen molar-refractivity contribution >= 4 is 23.3 Å². The van der Waals surface area contributed by atoms with Gasteiger partial charge in [0.2, 0.25) is 5.91 Å². The van der Waals surface area contributed by atoms with E-state index in [4.69, 9.17) is 0 Å². The van der Waals surface area contributed by atoms with Crippen LogP contribution in [-0.2, 0) is 11.2 Å². The maximum atomic E-state index is 11.9. The number of H-pyrrole nitrogens is 1. The smallest absolute Gasteiger partial charge is 0.268 e. The second-order valence-electron chi connectivity index (χ2n) is 5.10. The first-order valence-electron chi connectivity index (χ1n) is 7.36. The van der Waals surface area contributed by atoms with Crippen molar-refractivity contribution in [3.05, 3.63) is 53.3 Å². The summed E-state index contributed by atoms with van der Waals surface area (Å²) in [6.07, 6.45) is 2.27. The molecule has 3 N–H and O–H groups in total.